The molecule has 0 saturated carbocycles. The molecule has 2 fully saturated rings. The molecule has 2 amide bonds. The van der Waals surface area contributed by atoms with Crippen molar-refractivity contribution in [1.82, 2.24) is 15.1 Å². The van der Waals surface area contributed by atoms with E-state index in [-0.39, 0.29) is 24.3 Å². The summed E-state index contributed by atoms with van der Waals surface area (Å²) in [5.41, 5.74) is 1.25. The number of para-hydroxylation sites is 1. The van der Waals surface area contributed by atoms with E-state index >= 15 is 0 Å². The van der Waals surface area contributed by atoms with Crippen LogP contribution in [0.25, 0.3) is 0 Å². The fourth-order valence-electron chi connectivity index (χ4n) is 4.88. The smallest absolute Gasteiger partial charge is 0.260 e. The van der Waals surface area contributed by atoms with Crippen LogP contribution in [0.1, 0.15) is 31.2 Å². The van der Waals surface area contributed by atoms with Gasteiger partial charge in [0, 0.05) is 31.6 Å². The van der Waals surface area contributed by atoms with Crippen LogP contribution < -0.4 is 10.1 Å². The highest BCUT2D eigenvalue weighted by molar-refractivity contribution is 5.79. The van der Waals surface area contributed by atoms with E-state index in [1.807, 2.05) is 53.4 Å². The lowest BCUT2D eigenvalue weighted by Crippen LogP contribution is -2.50. The lowest BCUT2D eigenvalue weighted by Gasteiger charge is -2.41. The van der Waals surface area contributed by atoms with E-state index in [9.17, 15) is 9.59 Å². The van der Waals surface area contributed by atoms with E-state index < -0.39 is 0 Å². The Bertz CT molecular complexity index is 874. The highest BCUT2D eigenvalue weighted by atomic mass is 16.5. The Morgan fingerprint density at radius 1 is 0.848 bits per heavy atom. The average molecular weight is 450 g/mol. The van der Waals surface area contributed by atoms with Gasteiger partial charge < -0.3 is 19.9 Å². The molecule has 2 aliphatic heterocycles. The Hall–Kier alpha value is -2.86. The number of nitrogens with one attached hydrogen (secondary N) is 1. The molecule has 6 nitrogen and oxygen atoms in total. The van der Waals surface area contributed by atoms with Crippen molar-refractivity contribution in [1.29, 1.82) is 0 Å². The second-order valence-electron chi connectivity index (χ2n) is 9.05. The van der Waals surface area contributed by atoms with Gasteiger partial charge in [0.25, 0.3) is 5.91 Å². The van der Waals surface area contributed by atoms with Gasteiger partial charge in [0.15, 0.2) is 6.61 Å². The van der Waals surface area contributed by atoms with Gasteiger partial charge in [-0.3, -0.25) is 9.59 Å². The Kier molecular flexibility index (Phi) is 8.36. The summed E-state index contributed by atoms with van der Waals surface area (Å²) in [4.78, 5) is 29.5. The second-order valence-corrected chi connectivity index (χ2v) is 9.05. The molecule has 0 aliphatic carbocycles. The number of amides is 2. The van der Waals surface area contributed by atoms with Crippen molar-refractivity contribution in [3.63, 3.8) is 0 Å². The molecule has 4 rings (SSSR count). The predicted molar refractivity (Wildman–Crippen MR) is 129 cm³/mol. The van der Waals surface area contributed by atoms with Crippen LogP contribution in [0.5, 0.6) is 5.75 Å². The SMILES string of the molecule is O=C(NCCc1ccccc1)C1CCN(C2CCN(C(=O)COc3ccccc3)CC2)CC1. The minimum Gasteiger partial charge on any atom is -0.484 e. The van der Waals surface area contributed by atoms with E-state index in [0.717, 1.165) is 64.0 Å². The molecule has 1 N–H and O–H groups in total. The number of likely N-dealkylation sites (tertiary alicyclic amines) is 2. The number of benzene rings is 2. The summed E-state index contributed by atoms with van der Waals surface area (Å²) in [6.07, 6.45) is 4.69. The van der Waals surface area contributed by atoms with Crippen molar-refractivity contribution in [3.8, 4) is 5.75 Å². The van der Waals surface area contributed by atoms with Gasteiger partial charge in [-0.25, -0.2) is 0 Å². The summed E-state index contributed by atoms with van der Waals surface area (Å²) in [7, 11) is 0. The maximum absolute atomic E-state index is 12.6. The van der Waals surface area contributed by atoms with Gasteiger partial charge in [-0.2, -0.15) is 0 Å². The number of nitrogens with zero attached hydrogens (tertiary/aromatic N) is 2. The van der Waals surface area contributed by atoms with Crippen LogP contribution in [0.2, 0.25) is 0 Å². The molecule has 176 valence electrons. The van der Waals surface area contributed by atoms with Gasteiger partial charge in [0.2, 0.25) is 5.91 Å². The predicted octanol–water partition coefficient (Wildman–Crippen LogP) is 3.13. The summed E-state index contributed by atoms with van der Waals surface area (Å²) < 4.78 is 5.61. The number of hydrogen-bond donors (Lipinski definition) is 1. The van der Waals surface area contributed by atoms with Crippen molar-refractivity contribution in [2.75, 3.05) is 39.3 Å². The van der Waals surface area contributed by atoms with Crippen molar-refractivity contribution in [3.05, 3.63) is 66.2 Å². The Morgan fingerprint density at radius 3 is 2.15 bits per heavy atom. The molecule has 0 bridgehead atoms. The summed E-state index contributed by atoms with van der Waals surface area (Å²) >= 11 is 0. The van der Waals surface area contributed by atoms with Crippen LogP contribution in [0.3, 0.4) is 0 Å². The maximum atomic E-state index is 12.6. The van der Waals surface area contributed by atoms with Gasteiger partial charge >= 0.3 is 0 Å². The molecule has 2 aliphatic rings. The first-order chi connectivity index (χ1) is 16.2. The molecule has 2 aromatic rings. The van der Waals surface area contributed by atoms with Crippen LogP contribution in [-0.4, -0.2) is 67.0 Å². The first-order valence-corrected chi connectivity index (χ1v) is 12.2. The Labute approximate surface area is 196 Å². The van der Waals surface area contributed by atoms with E-state index in [4.69, 9.17) is 4.74 Å². The maximum Gasteiger partial charge on any atom is 0.260 e. The van der Waals surface area contributed by atoms with Gasteiger partial charge in [0.1, 0.15) is 5.75 Å². The van der Waals surface area contributed by atoms with Crippen LogP contribution in [0.4, 0.5) is 0 Å². The standard InChI is InChI=1S/C27H35N3O3/c31-26(21-33-25-9-5-2-6-10-25)30-19-14-24(15-20-30)29-17-12-23(13-18-29)27(32)28-16-11-22-7-3-1-4-8-22/h1-10,23-24H,11-21H2,(H,28,32). The number of piperidine rings is 2. The van der Waals surface area contributed by atoms with Crippen molar-refractivity contribution < 1.29 is 14.3 Å². The molecule has 0 atom stereocenters. The molecule has 2 heterocycles. The fraction of sp³-hybridized carbons (Fsp3) is 0.481. The first-order valence-electron chi connectivity index (χ1n) is 12.2. The molecule has 2 aromatic carbocycles. The molecule has 2 saturated heterocycles. The van der Waals surface area contributed by atoms with Crippen LogP contribution in [0, 0.1) is 5.92 Å². The molecule has 33 heavy (non-hydrogen) atoms. The zero-order chi connectivity index (χ0) is 22.9. The Balaban J connectivity index is 1.12. The highest BCUT2D eigenvalue weighted by Crippen LogP contribution is 2.24. The topological polar surface area (TPSA) is 61.9 Å². The molecular formula is C27H35N3O3. The third-order valence-electron chi connectivity index (χ3n) is 6.90. The summed E-state index contributed by atoms with van der Waals surface area (Å²) in [5.74, 6) is 1.11. The fourth-order valence-corrected chi connectivity index (χ4v) is 4.88. The normalized spacial score (nSPS) is 18.1. The monoisotopic (exact) mass is 449 g/mol. The minimum atomic E-state index is 0.0585. The zero-order valence-electron chi connectivity index (χ0n) is 19.3. The number of hydrogen-bond acceptors (Lipinski definition) is 4. The third kappa shape index (κ3) is 6.81. The van der Waals surface area contributed by atoms with Gasteiger partial charge in [-0.1, -0.05) is 48.5 Å². The minimum absolute atomic E-state index is 0.0585. The zero-order valence-corrected chi connectivity index (χ0v) is 19.3. The lowest BCUT2D eigenvalue weighted by atomic mass is 9.92. The van der Waals surface area contributed by atoms with Crippen LogP contribution in [-0.2, 0) is 16.0 Å². The van der Waals surface area contributed by atoms with Gasteiger partial charge in [-0.15, -0.1) is 0 Å². The van der Waals surface area contributed by atoms with Gasteiger partial charge in [0.05, 0.1) is 0 Å². The lowest BCUT2D eigenvalue weighted by molar-refractivity contribution is -0.135. The summed E-state index contributed by atoms with van der Waals surface area (Å²) in [6, 6.07) is 20.3. The number of ether oxygens (including phenoxy) is 1. The summed E-state index contributed by atoms with van der Waals surface area (Å²) in [5, 5.41) is 3.12. The largest absolute Gasteiger partial charge is 0.484 e. The van der Waals surface area contributed by atoms with Crippen LogP contribution >= 0.6 is 0 Å². The molecule has 6 heteroatoms. The molecule has 0 aromatic heterocycles. The molecule has 0 unspecified atom stereocenters. The first kappa shape index (κ1) is 23.3. The molecule has 0 spiro atoms. The number of rotatable bonds is 8. The number of carbonyl (C=O) groups is 2. The number of carbonyl (C=O) groups excluding carboxylic acids is 2. The van der Waals surface area contributed by atoms with Crippen LogP contribution in [0.15, 0.2) is 60.7 Å². The third-order valence-corrected chi connectivity index (χ3v) is 6.90. The van der Waals surface area contributed by atoms with E-state index in [1.54, 1.807) is 0 Å². The molecule has 0 radical (unpaired) electrons. The summed E-state index contributed by atoms with van der Waals surface area (Å²) in [6.45, 7) is 4.28. The Morgan fingerprint density at radius 2 is 1.48 bits per heavy atom. The van der Waals surface area contributed by atoms with Gasteiger partial charge in [-0.05, 0) is 62.9 Å². The van der Waals surface area contributed by atoms with E-state index in [2.05, 4.69) is 22.3 Å². The van der Waals surface area contributed by atoms with Crippen molar-refractivity contribution >= 4 is 11.8 Å². The van der Waals surface area contributed by atoms with E-state index in [1.165, 1.54) is 5.56 Å². The average Bonchev–Trinajstić information content (AvgIpc) is 2.88. The van der Waals surface area contributed by atoms with E-state index in [0.29, 0.717) is 12.6 Å². The molecular weight excluding hydrogens is 414 g/mol. The van der Waals surface area contributed by atoms with Crippen molar-refractivity contribution in [2.45, 2.75) is 38.1 Å². The van der Waals surface area contributed by atoms with Crippen molar-refractivity contribution in [2.24, 2.45) is 5.92 Å². The second kappa shape index (κ2) is 11.8. The highest BCUT2D eigenvalue weighted by Gasteiger charge is 2.31. The quantitative estimate of drug-likeness (QED) is 0.673.